The van der Waals surface area contributed by atoms with E-state index in [1.54, 1.807) is 0 Å². The number of nitrogens with one attached hydrogen (secondary N) is 1. The van der Waals surface area contributed by atoms with Gasteiger partial charge in [0.1, 0.15) is 0 Å². The van der Waals surface area contributed by atoms with Gasteiger partial charge in [-0.05, 0) is 24.1 Å². The molecule has 2 rings (SSSR count). The summed E-state index contributed by atoms with van der Waals surface area (Å²) in [6.07, 6.45) is -7.61. The Bertz CT molecular complexity index is 572. The number of benzene rings is 1. The Morgan fingerprint density at radius 3 is 2.07 bits per heavy atom. The minimum atomic E-state index is -4.82. The van der Waals surface area contributed by atoms with E-state index in [1.165, 1.54) is 0 Å². The highest BCUT2D eigenvalue weighted by molar-refractivity contribution is 5.85. The largest absolute Gasteiger partial charge is 0.416 e. The summed E-state index contributed by atoms with van der Waals surface area (Å²) in [5.41, 5.74) is -2.50. The molecule has 0 saturated carbocycles. The molecule has 1 aromatic rings. The molecular weight excluding hydrogens is 417 g/mol. The van der Waals surface area contributed by atoms with Crippen LogP contribution in [0.15, 0.2) is 18.2 Å². The minimum Gasteiger partial charge on any atom is -0.314 e. The molecule has 1 atom stereocenters. The predicted octanol–water partition coefficient (Wildman–Crippen LogP) is 5.70. The Morgan fingerprint density at radius 2 is 1.59 bits per heavy atom. The summed E-state index contributed by atoms with van der Waals surface area (Å²) in [5, 5.41) is 3.14. The van der Waals surface area contributed by atoms with E-state index in [9.17, 15) is 26.3 Å². The van der Waals surface area contributed by atoms with Crippen molar-refractivity contribution in [3.05, 3.63) is 34.9 Å². The average Bonchev–Trinajstić information content (AvgIpc) is 2.54. The van der Waals surface area contributed by atoms with Gasteiger partial charge in [-0.1, -0.05) is 25.8 Å². The van der Waals surface area contributed by atoms with E-state index >= 15 is 0 Å². The van der Waals surface area contributed by atoms with E-state index in [4.69, 9.17) is 0 Å². The number of nitrogens with zero attached hydrogens (tertiary/aromatic N) is 1. The lowest BCUT2D eigenvalue weighted by Crippen LogP contribution is -2.45. The van der Waals surface area contributed by atoms with E-state index in [0.717, 1.165) is 18.6 Å². The second kappa shape index (κ2) is 10.7. The van der Waals surface area contributed by atoms with E-state index in [0.29, 0.717) is 39.0 Å². The van der Waals surface area contributed by atoms with Gasteiger partial charge in [0.25, 0.3) is 0 Å². The van der Waals surface area contributed by atoms with Crippen LogP contribution in [0.5, 0.6) is 0 Å². The lowest BCUT2D eigenvalue weighted by atomic mass is 9.92. The molecule has 0 aromatic heterocycles. The first-order valence-electron chi connectivity index (χ1n) is 8.37. The van der Waals surface area contributed by atoms with Gasteiger partial charge in [-0.2, -0.15) is 26.3 Å². The van der Waals surface area contributed by atoms with Crippen molar-refractivity contribution in [2.45, 2.75) is 44.6 Å². The summed E-state index contributed by atoms with van der Waals surface area (Å²) >= 11 is 0. The molecule has 1 N–H and O–H groups in total. The molecule has 1 aliphatic rings. The molecule has 1 aliphatic heterocycles. The van der Waals surface area contributed by atoms with Crippen LogP contribution in [0.25, 0.3) is 0 Å². The number of hydrogen-bond donors (Lipinski definition) is 1. The van der Waals surface area contributed by atoms with E-state index in [1.807, 2.05) is 11.8 Å². The number of alkyl halides is 6. The first-order valence-corrected chi connectivity index (χ1v) is 8.37. The van der Waals surface area contributed by atoms with Gasteiger partial charge in [-0.15, -0.1) is 24.8 Å². The van der Waals surface area contributed by atoms with Crippen LogP contribution in [0.2, 0.25) is 0 Å². The molecule has 1 saturated heterocycles. The van der Waals surface area contributed by atoms with Gasteiger partial charge in [0.2, 0.25) is 0 Å². The normalized spacial score (nSPS) is 17.0. The molecule has 0 bridgehead atoms. The molecular formula is C17H24Cl2F6N2. The fourth-order valence-corrected chi connectivity index (χ4v) is 3.19. The quantitative estimate of drug-likeness (QED) is 0.590. The fraction of sp³-hybridized carbons (Fsp3) is 0.647. The lowest BCUT2D eigenvalue weighted by Gasteiger charge is -2.36. The first kappa shape index (κ1) is 26.3. The molecule has 1 aromatic carbocycles. The van der Waals surface area contributed by atoms with E-state index in [2.05, 4.69) is 5.32 Å². The Kier molecular flexibility index (Phi) is 10.5. The van der Waals surface area contributed by atoms with Crippen LogP contribution in [-0.4, -0.2) is 31.1 Å². The molecule has 2 nitrogen and oxygen atoms in total. The highest BCUT2D eigenvalue weighted by atomic mass is 35.5. The highest BCUT2D eigenvalue weighted by Gasteiger charge is 2.40. The number of hydrogen-bond acceptors (Lipinski definition) is 2. The summed E-state index contributed by atoms with van der Waals surface area (Å²) in [6, 6.07) is 1.48. The van der Waals surface area contributed by atoms with Crippen molar-refractivity contribution in [3.8, 4) is 0 Å². The van der Waals surface area contributed by atoms with Gasteiger partial charge >= 0.3 is 12.4 Å². The zero-order valence-corrected chi connectivity index (χ0v) is 16.4. The number of piperazine rings is 1. The van der Waals surface area contributed by atoms with Crippen LogP contribution >= 0.6 is 24.8 Å². The van der Waals surface area contributed by atoms with Crippen LogP contribution in [-0.2, 0) is 12.4 Å². The highest BCUT2D eigenvalue weighted by Crippen LogP contribution is 2.41. The van der Waals surface area contributed by atoms with Crippen LogP contribution in [0.3, 0.4) is 0 Å². The van der Waals surface area contributed by atoms with Gasteiger partial charge in [0.15, 0.2) is 0 Å². The summed E-state index contributed by atoms with van der Waals surface area (Å²) in [4.78, 5) is 1.93. The maximum absolute atomic E-state index is 13.5. The number of unbranched alkanes of at least 4 members (excludes halogenated alkanes) is 1. The van der Waals surface area contributed by atoms with Gasteiger partial charge in [-0.25, -0.2) is 0 Å². The average molecular weight is 441 g/mol. The maximum atomic E-state index is 13.5. The molecule has 1 heterocycles. The van der Waals surface area contributed by atoms with Crippen LogP contribution < -0.4 is 5.32 Å². The molecule has 1 fully saturated rings. The Balaban J connectivity index is 0.00000338. The standard InChI is InChI=1S/C17H22F6N2.2ClH/c1-2-3-4-15(25-9-7-24-8-10-25)13-6-5-12(16(18,19)20)11-14(13)17(21,22)23;;/h5-6,11,15,24H,2-4,7-10H2,1H3;2*1H/t15-;;/m1../s1. The van der Waals surface area contributed by atoms with Gasteiger partial charge in [0.05, 0.1) is 11.1 Å². The summed E-state index contributed by atoms with van der Waals surface area (Å²) in [7, 11) is 0. The molecule has 0 aliphatic carbocycles. The second-order valence-electron chi connectivity index (χ2n) is 6.24. The fourth-order valence-electron chi connectivity index (χ4n) is 3.19. The lowest BCUT2D eigenvalue weighted by molar-refractivity contribution is -0.143. The Morgan fingerprint density at radius 1 is 1.00 bits per heavy atom. The van der Waals surface area contributed by atoms with Gasteiger partial charge < -0.3 is 5.32 Å². The molecule has 27 heavy (non-hydrogen) atoms. The van der Waals surface area contributed by atoms with Crippen LogP contribution in [0.4, 0.5) is 26.3 Å². The summed E-state index contributed by atoms with van der Waals surface area (Å²) in [6.45, 7) is 4.40. The van der Waals surface area contributed by atoms with Crippen molar-refractivity contribution in [2.75, 3.05) is 26.2 Å². The third-order valence-electron chi connectivity index (χ3n) is 4.47. The van der Waals surface area contributed by atoms with Crippen molar-refractivity contribution in [1.82, 2.24) is 10.2 Å². The summed E-state index contributed by atoms with van der Waals surface area (Å²) in [5.74, 6) is 0. The second-order valence-corrected chi connectivity index (χ2v) is 6.24. The summed E-state index contributed by atoms with van der Waals surface area (Å²) < 4.78 is 79.0. The minimum absolute atomic E-state index is 0. The zero-order chi connectivity index (χ0) is 18.7. The Labute approximate surface area is 167 Å². The van der Waals surface area contributed by atoms with Gasteiger partial charge in [0, 0.05) is 32.2 Å². The van der Waals surface area contributed by atoms with Crippen molar-refractivity contribution < 1.29 is 26.3 Å². The van der Waals surface area contributed by atoms with Crippen LogP contribution in [0.1, 0.15) is 48.9 Å². The van der Waals surface area contributed by atoms with Crippen molar-refractivity contribution in [1.29, 1.82) is 0 Å². The Hall–Kier alpha value is -0.700. The van der Waals surface area contributed by atoms with Crippen LogP contribution in [0, 0.1) is 0 Å². The van der Waals surface area contributed by atoms with Crippen molar-refractivity contribution in [2.24, 2.45) is 0 Å². The third-order valence-corrected chi connectivity index (χ3v) is 4.47. The monoisotopic (exact) mass is 440 g/mol. The first-order chi connectivity index (χ1) is 11.6. The third kappa shape index (κ3) is 7.00. The van der Waals surface area contributed by atoms with E-state index in [-0.39, 0.29) is 36.4 Å². The topological polar surface area (TPSA) is 15.3 Å². The molecule has 158 valence electrons. The molecule has 0 radical (unpaired) electrons. The SMILES string of the molecule is CCCC[C@H](c1ccc(C(F)(F)F)cc1C(F)(F)F)N1CCNCC1.Cl.Cl. The molecule has 0 amide bonds. The van der Waals surface area contributed by atoms with Crippen molar-refractivity contribution in [3.63, 3.8) is 0 Å². The molecule has 0 spiro atoms. The number of halogens is 8. The zero-order valence-electron chi connectivity index (χ0n) is 14.8. The number of rotatable bonds is 5. The predicted molar refractivity (Wildman–Crippen MR) is 97.7 cm³/mol. The maximum Gasteiger partial charge on any atom is 0.416 e. The van der Waals surface area contributed by atoms with Gasteiger partial charge in [-0.3, -0.25) is 4.90 Å². The van der Waals surface area contributed by atoms with Crippen molar-refractivity contribution >= 4 is 24.8 Å². The molecule has 10 heteroatoms. The molecule has 0 unspecified atom stereocenters. The van der Waals surface area contributed by atoms with E-state index < -0.39 is 29.5 Å². The smallest absolute Gasteiger partial charge is 0.314 e.